The lowest BCUT2D eigenvalue weighted by Crippen LogP contribution is -2.71. The number of carbonyl (C=O) groups is 2. The molecule has 1 N–H and O–H groups in total. The van der Waals surface area contributed by atoms with Crippen LogP contribution in [0.1, 0.15) is 32.3 Å². The van der Waals surface area contributed by atoms with Crippen LogP contribution in [-0.4, -0.2) is 45.4 Å². The molecule has 2 fully saturated rings. The first-order valence-corrected chi connectivity index (χ1v) is 9.45. The predicted octanol–water partition coefficient (Wildman–Crippen LogP) is 1.76. The second-order valence-electron chi connectivity index (χ2n) is 7.35. The van der Waals surface area contributed by atoms with Crippen molar-refractivity contribution in [1.29, 1.82) is 0 Å². The number of nitrogens with one attached hydrogen (secondary N) is 1. The second kappa shape index (κ2) is 5.98. The Hall–Kier alpha value is -2.55. The van der Waals surface area contributed by atoms with Crippen LogP contribution in [-0.2, 0) is 16.0 Å². The van der Waals surface area contributed by atoms with E-state index in [1.807, 2.05) is 18.7 Å². The summed E-state index contributed by atoms with van der Waals surface area (Å²) >= 11 is 5.25. The molecule has 142 valence electrons. The fourth-order valence-corrected chi connectivity index (χ4v) is 4.66. The Kier molecular flexibility index (Phi) is 3.95. The van der Waals surface area contributed by atoms with Crippen LogP contribution in [0.5, 0.6) is 0 Å². The molecule has 27 heavy (non-hydrogen) atoms. The van der Waals surface area contributed by atoms with E-state index in [1.165, 1.54) is 12.1 Å². The number of non-ortho nitro benzene ring substituents is 1. The van der Waals surface area contributed by atoms with Crippen LogP contribution in [0.15, 0.2) is 18.2 Å². The van der Waals surface area contributed by atoms with Gasteiger partial charge in [-0.05, 0) is 50.5 Å². The molecular formula is C18H20N4O4S. The number of rotatable bonds is 3. The normalized spacial score (nSPS) is 27.6. The van der Waals surface area contributed by atoms with Gasteiger partial charge in [0, 0.05) is 42.9 Å². The third-order valence-corrected chi connectivity index (χ3v) is 6.23. The maximum atomic E-state index is 13.5. The van der Waals surface area contributed by atoms with Gasteiger partial charge in [0.1, 0.15) is 0 Å². The van der Waals surface area contributed by atoms with E-state index in [-0.39, 0.29) is 29.2 Å². The molecule has 0 aromatic heterocycles. The third kappa shape index (κ3) is 2.44. The number of benzene rings is 1. The summed E-state index contributed by atoms with van der Waals surface area (Å²) in [7, 11) is 0. The molecule has 4 rings (SSSR count). The van der Waals surface area contributed by atoms with Gasteiger partial charge in [0.25, 0.3) is 5.69 Å². The van der Waals surface area contributed by atoms with Crippen LogP contribution in [0.3, 0.4) is 0 Å². The molecule has 2 heterocycles. The lowest BCUT2D eigenvalue weighted by Gasteiger charge is -2.51. The average molecular weight is 388 g/mol. The molecule has 0 radical (unpaired) electrons. The van der Waals surface area contributed by atoms with Gasteiger partial charge >= 0.3 is 0 Å². The molecule has 1 saturated heterocycles. The monoisotopic (exact) mass is 388 g/mol. The van der Waals surface area contributed by atoms with Crippen molar-refractivity contribution in [3.05, 3.63) is 33.9 Å². The number of hydrogen-bond acceptors (Lipinski definition) is 6. The molecule has 1 saturated carbocycles. The minimum atomic E-state index is -1.34. The topological polar surface area (TPSA) is 95.8 Å². The van der Waals surface area contributed by atoms with Gasteiger partial charge in [-0.3, -0.25) is 24.6 Å². The number of amides is 2. The molecule has 8 nitrogen and oxygen atoms in total. The number of thiocarbonyl (C=S) groups is 1. The van der Waals surface area contributed by atoms with Crippen LogP contribution in [0.4, 0.5) is 11.4 Å². The Labute approximate surface area is 161 Å². The van der Waals surface area contributed by atoms with Crippen LogP contribution in [0.25, 0.3) is 0 Å². The highest BCUT2D eigenvalue weighted by molar-refractivity contribution is 7.80. The minimum absolute atomic E-state index is 0.0382. The molecule has 0 bridgehead atoms. The summed E-state index contributed by atoms with van der Waals surface area (Å²) in [5.74, 6) is -0.709. The maximum Gasteiger partial charge on any atom is 0.269 e. The molecule has 9 heteroatoms. The highest BCUT2D eigenvalue weighted by atomic mass is 32.1. The molecule has 1 spiro atoms. The van der Waals surface area contributed by atoms with Gasteiger partial charge in [0.2, 0.25) is 11.8 Å². The molecule has 3 aliphatic rings. The Balaban J connectivity index is 1.85. The van der Waals surface area contributed by atoms with Gasteiger partial charge in [-0.15, -0.1) is 0 Å². The van der Waals surface area contributed by atoms with Crippen LogP contribution in [0.2, 0.25) is 0 Å². The van der Waals surface area contributed by atoms with E-state index in [0.29, 0.717) is 12.1 Å². The fourth-order valence-electron chi connectivity index (χ4n) is 4.34. The summed E-state index contributed by atoms with van der Waals surface area (Å²) in [6, 6.07) is 4.28. The lowest BCUT2D eigenvalue weighted by molar-refractivity contribution is -0.384. The second-order valence-corrected chi connectivity index (χ2v) is 7.73. The SMILES string of the molecule is CCN1c2ccc([N+](=O)[O-])cc2C[C@@]2(C(=O)NC(=S)N(C3CC3)C2=O)[C@@H]1C. The first-order valence-electron chi connectivity index (χ1n) is 9.04. The van der Waals surface area contributed by atoms with Crippen molar-refractivity contribution in [2.75, 3.05) is 11.4 Å². The molecule has 2 atom stereocenters. The Bertz CT molecular complexity index is 884. The largest absolute Gasteiger partial charge is 0.367 e. The smallest absolute Gasteiger partial charge is 0.269 e. The van der Waals surface area contributed by atoms with E-state index >= 15 is 0 Å². The maximum absolute atomic E-state index is 13.5. The van der Waals surface area contributed by atoms with Gasteiger partial charge in [0.15, 0.2) is 10.5 Å². The molecule has 1 aromatic carbocycles. The minimum Gasteiger partial charge on any atom is -0.367 e. The van der Waals surface area contributed by atoms with Gasteiger partial charge in [0.05, 0.1) is 4.92 Å². The highest BCUT2D eigenvalue weighted by Gasteiger charge is 2.61. The zero-order valence-electron chi connectivity index (χ0n) is 15.1. The molecule has 1 aliphatic carbocycles. The fraction of sp³-hybridized carbons (Fsp3) is 0.500. The predicted molar refractivity (Wildman–Crippen MR) is 102 cm³/mol. The third-order valence-electron chi connectivity index (χ3n) is 5.93. The molecule has 2 aliphatic heterocycles. The summed E-state index contributed by atoms with van der Waals surface area (Å²) in [6.45, 7) is 4.38. The Morgan fingerprint density at radius 1 is 1.37 bits per heavy atom. The first kappa shape index (κ1) is 17.8. The Morgan fingerprint density at radius 3 is 2.67 bits per heavy atom. The number of fused-ring (bicyclic) bond motifs is 1. The van der Waals surface area contributed by atoms with E-state index in [4.69, 9.17) is 12.2 Å². The van der Waals surface area contributed by atoms with Crippen molar-refractivity contribution in [2.45, 2.75) is 45.2 Å². The first-order chi connectivity index (χ1) is 12.8. The van der Waals surface area contributed by atoms with Crippen LogP contribution < -0.4 is 10.2 Å². The molecule has 0 unspecified atom stereocenters. The summed E-state index contributed by atoms with van der Waals surface area (Å²) in [6.07, 6.45) is 1.86. The number of carbonyl (C=O) groups excluding carboxylic acids is 2. The van der Waals surface area contributed by atoms with Crippen LogP contribution >= 0.6 is 12.2 Å². The molecule has 1 aromatic rings. The van der Waals surface area contributed by atoms with Crippen molar-refractivity contribution >= 4 is 40.5 Å². The quantitative estimate of drug-likeness (QED) is 0.367. The van der Waals surface area contributed by atoms with Crippen molar-refractivity contribution in [2.24, 2.45) is 5.41 Å². The van der Waals surface area contributed by atoms with Crippen molar-refractivity contribution in [3.63, 3.8) is 0 Å². The van der Waals surface area contributed by atoms with E-state index in [0.717, 1.165) is 18.5 Å². The number of anilines is 1. The molecule has 2 amide bonds. The summed E-state index contributed by atoms with van der Waals surface area (Å²) in [4.78, 5) is 40.9. The standard InChI is InChI=1S/C18H20N4O4S/c1-3-20-10(2)18(9-11-8-13(22(25)26)6-7-14(11)20)15(23)19-17(27)21(16(18)24)12-4-5-12/h6-8,10,12H,3-5,9H2,1-2H3,(H,19,23,27)/t10-,18-/m0/s1. The lowest BCUT2D eigenvalue weighted by atomic mass is 9.69. The van der Waals surface area contributed by atoms with Gasteiger partial charge < -0.3 is 10.2 Å². The van der Waals surface area contributed by atoms with Gasteiger partial charge in [-0.25, -0.2) is 0 Å². The number of nitrogens with zero attached hydrogens (tertiary/aromatic N) is 3. The average Bonchev–Trinajstić information content (AvgIpc) is 3.44. The number of nitro benzene ring substituents is 1. The van der Waals surface area contributed by atoms with E-state index in [1.54, 1.807) is 11.0 Å². The van der Waals surface area contributed by atoms with Gasteiger partial charge in [-0.2, -0.15) is 0 Å². The highest BCUT2D eigenvalue weighted by Crippen LogP contribution is 2.46. The summed E-state index contributed by atoms with van der Waals surface area (Å²) in [5, 5.41) is 14.1. The number of hydrogen-bond donors (Lipinski definition) is 1. The number of nitro groups is 1. The zero-order valence-corrected chi connectivity index (χ0v) is 15.9. The van der Waals surface area contributed by atoms with Crippen molar-refractivity contribution < 1.29 is 14.5 Å². The molecular weight excluding hydrogens is 368 g/mol. The Morgan fingerprint density at radius 2 is 2.07 bits per heavy atom. The zero-order chi connectivity index (χ0) is 19.5. The van der Waals surface area contributed by atoms with Crippen molar-refractivity contribution in [3.8, 4) is 0 Å². The van der Waals surface area contributed by atoms with Crippen molar-refractivity contribution in [1.82, 2.24) is 10.2 Å². The van der Waals surface area contributed by atoms with Crippen LogP contribution in [0, 0.1) is 15.5 Å². The summed E-state index contributed by atoms with van der Waals surface area (Å²) < 4.78 is 0. The summed E-state index contributed by atoms with van der Waals surface area (Å²) in [5.41, 5.74) is 0.0697. The van der Waals surface area contributed by atoms with Gasteiger partial charge in [-0.1, -0.05) is 0 Å². The van der Waals surface area contributed by atoms with E-state index in [2.05, 4.69) is 5.32 Å². The van der Waals surface area contributed by atoms with E-state index < -0.39 is 22.3 Å². The van der Waals surface area contributed by atoms with E-state index in [9.17, 15) is 19.7 Å².